The summed E-state index contributed by atoms with van der Waals surface area (Å²) in [6, 6.07) is 0. The molecule has 0 bridgehead atoms. The molecule has 3 N–H and O–H groups in total. The minimum Gasteiger partial charge on any atom is -0.393 e. The molecule has 1 aromatic rings. The molecule has 0 aliphatic rings. The number of thiocarbonyl (C=S) groups is 1. The molecule has 0 amide bonds. The Hall–Kier alpha value is -1.43. The molecule has 16 heavy (non-hydrogen) atoms. The number of aromatic nitrogens is 2. The highest BCUT2D eigenvalue weighted by Crippen LogP contribution is 2.06. The summed E-state index contributed by atoms with van der Waals surface area (Å²) in [5, 5.41) is 0. The van der Waals surface area contributed by atoms with E-state index in [9.17, 15) is 4.79 Å². The lowest BCUT2D eigenvalue weighted by Crippen LogP contribution is -2.37. The Morgan fingerprint density at radius 1 is 1.75 bits per heavy atom. The van der Waals surface area contributed by atoms with Gasteiger partial charge in [-0.2, -0.15) is 0 Å². The molecule has 1 heterocycles. The summed E-state index contributed by atoms with van der Waals surface area (Å²) in [6.45, 7) is 5.18. The van der Waals surface area contributed by atoms with Crippen molar-refractivity contribution in [3.05, 3.63) is 22.7 Å². The van der Waals surface area contributed by atoms with Gasteiger partial charge in [0.1, 0.15) is 0 Å². The molecule has 5 nitrogen and oxygen atoms in total. The van der Waals surface area contributed by atoms with Gasteiger partial charge in [0.2, 0.25) is 0 Å². The van der Waals surface area contributed by atoms with Crippen LogP contribution in [0.4, 0.5) is 5.82 Å². The van der Waals surface area contributed by atoms with Crippen molar-refractivity contribution in [3.8, 4) is 0 Å². The molecule has 6 heteroatoms. The molecule has 1 unspecified atom stereocenters. The van der Waals surface area contributed by atoms with E-state index in [-0.39, 0.29) is 11.5 Å². The zero-order valence-corrected chi connectivity index (χ0v) is 10.3. The summed E-state index contributed by atoms with van der Waals surface area (Å²) >= 11 is 4.91. The summed E-state index contributed by atoms with van der Waals surface area (Å²) in [6.07, 6.45) is 3.07. The summed E-state index contributed by atoms with van der Waals surface area (Å²) in [5.74, 6) is 0.462. The molecular formula is C10H16N4OS. The van der Waals surface area contributed by atoms with Crippen LogP contribution >= 0.6 is 12.2 Å². The minimum atomic E-state index is -0.195. The van der Waals surface area contributed by atoms with Crippen molar-refractivity contribution in [1.29, 1.82) is 0 Å². The molecule has 0 fully saturated rings. The average Bonchev–Trinajstić information content (AvgIpc) is 2.26. The fraction of sp³-hybridized carbons (Fsp3) is 0.500. The minimum absolute atomic E-state index is 0.0522. The lowest BCUT2D eigenvalue weighted by molar-refractivity contribution is 0.695. The van der Waals surface area contributed by atoms with Gasteiger partial charge in [-0.05, 0) is 6.92 Å². The van der Waals surface area contributed by atoms with Crippen molar-refractivity contribution in [1.82, 2.24) is 9.97 Å². The maximum absolute atomic E-state index is 11.5. The summed E-state index contributed by atoms with van der Waals surface area (Å²) in [7, 11) is 0. The molecule has 0 spiro atoms. The number of nitrogens with one attached hydrogen (secondary N) is 1. The first kappa shape index (κ1) is 12.6. The van der Waals surface area contributed by atoms with Crippen LogP contribution in [0.15, 0.2) is 17.2 Å². The third kappa shape index (κ3) is 3.03. The van der Waals surface area contributed by atoms with Crippen LogP contribution in [0.1, 0.15) is 13.8 Å². The highest BCUT2D eigenvalue weighted by molar-refractivity contribution is 7.80. The van der Waals surface area contributed by atoms with E-state index in [4.69, 9.17) is 18.0 Å². The van der Waals surface area contributed by atoms with Crippen LogP contribution < -0.4 is 16.2 Å². The second-order valence-electron chi connectivity index (χ2n) is 3.58. The van der Waals surface area contributed by atoms with Gasteiger partial charge < -0.3 is 15.6 Å². The molecular weight excluding hydrogens is 224 g/mol. The molecule has 0 saturated carbocycles. The number of nitrogens with zero attached hydrogens (tertiary/aromatic N) is 2. The first-order valence-corrected chi connectivity index (χ1v) is 5.55. The maximum atomic E-state index is 11.5. The normalized spacial score (nSPS) is 12.1. The lowest BCUT2D eigenvalue weighted by atomic mass is 10.1. The van der Waals surface area contributed by atoms with E-state index in [0.29, 0.717) is 23.9 Å². The number of hydrogen-bond donors (Lipinski definition) is 2. The first-order valence-electron chi connectivity index (χ1n) is 5.14. The van der Waals surface area contributed by atoms with Gasteiger partial charge in [0.25, 0.3) is 5.56 Å². The van der Waals surface area contributed by atoms with Gasteiger partial charge in [0.05, 0.1) is 4.99 Å². The second-order valence-corrected chi connectivity index (χ2v) is 4.06. The van der Waals surface area contributed by atoms with Gasteiger partial charge in [0.15, 0.2) is 5.82 Å². The quantitative estimate of drug-likeness (QED) is 0.734. The van der Waals surface area contributed by atoms with E-state index in [0.717, 1.165) is 0 Å². The fourth-order valence-corrected chi connectivity index (χ4v) is 1.43. The van der Waals surface area contributed by atoms with Crippen molar-refractivity contribution in [2.75, 3.05) is 18.0 Å². The van der Waals surface area contributed by atoms with Gasteiger partial charge in [0, 0.05) is 31.4 Å². The van der Waals surface area contributed by atoms with E-state index in [1.54, 1.807) is 6.20 Å². The summed E-state index contributed by atoms with van der Waals surface area (Å²) < 4.78 is 0. The van der Waals surface area contributed by atoms with Crippen LogP contribution in [0.3, 0.4) is 0 Å². The molecule has 0 aliphatic heterocycles. The average molecular weight is 240 g/mol. The standard InChI is InChI=1S/C10H16N4OS/c1-3-14(6-7(2)8(11)16)9-10(15)13-5-4-12-9/h4-5,7H,3,6H2,1-2H3,(H2,11,16)(H,13,15). The Morgan fingerprint density at radius 2 is 2.44 bits per heavy atom. The van der Waals surface area contributed by atoms with Gasteiger partial charge in [-0.1, -0.05) is 19.1 Å². The van der Waals surface area contributed by atoms with Gasteiger partial charge >= 0.3 is 0 Å². The number of H-pyrrole nitrogens is 1. The Bertz CT molecular complexity index is 417. The van der Waals surface area contributed by atoms with E-state index >= 15 is 0 Å². The Balaban J connectivity index is 2.87. The number of hydrogen-bond acceptors (Lipinski definition) is 4. The third-order valence-electron chi connectivity index (χ3n) is 2.35. The predicted molar refractivity (Wildman–Crippen MR) is 68.7 cm³/mol. The third-order valence-corrected chi connectivity index (χ3v) is 2.75. The molecule has 0 aliphatic carbocycles. The number of aromatic amines is 1. The highest BCUT2D eigenvalue weighted by atomic mass is 32.1. The molecule has 0 aromatic carbocycles. The second kappa shape index (κ2) is 5.60. The first-order chi connectivity index (χ1) is 7.56. The van der Waals surface area contributed by atoms with Crippen LogP contribution in [0.2, 0.25) is 0 Å². The highest BCUT2D eigenvalue weighted by Gasteiger charge is 2.14. The summed E-state index contributed by atoms with van der Waals surface area (Å²) in [4.78, 5) is 20.5. The van der Waals surface area contributed by atoms with E-state index in [1.165, 1.54) is 6.20 Å². The van der Waals surface area contributed by atoms with E-state index < -0.39 is 0 Å². The monoisotopic (exact) mass is 240 g/mol. The van der Waals surface area contributed by atoms with Crippen LogP contribution in [0.25, 0.3) is 0 Å². The fourth-order valence-electron chi connectivity index (χ4n) is 1.36. The van der Waals surface area contributed by atoms with Crippen LogP contribution in [0.5, 0.6) is 0 Å². The van der Waals surface area contributed by atoms with Crippen LogP contribution in [0, 0.1) is 5.92 Å². The Labute approximate surface area is 99.7 Å². The number of anilines is 1. The van der Waals surface area contributed by atoms with E-state index in [1.807, 2.05) is 18.7 Å². The topological polar surface area (TPSA) is 75.0 Å². The Morgan fingerprint density at radius 3 is 2.94 bits per heavy atom. The molecule has 0 saturated heterocycles. The molecule has 1 rings (SSSR count). The zero-order valence-electron chi connectivity index (χ0n) is 9.43. The molecule has 0 radical (unpaired) electrons. The zero-order chi connectivity index (χ0) is 12.1. The predicted octanol–water partition coefficient (Wildman–Crippen LogP) is 0.518. The summed E-state index contributed by atoms with van der Waals surface area (Å²) in [5.41, 5.74) is 5.36. The number of rotatable bonds is 5. The number of nitrogens with two attached hydrogens (primary N) is 1. The molecule has 1 atom stereocenters. The Kier molecular flexibility index (Phi) is 4.42. The van der Waals surface area contributed by atoms with Crippen molar-refractivity contribution in [2.45, 2.75) is 13.8 Å². The molecule has 88 valence electrons. The molecule has 1 aromatic heterocycles. The van der Waals surface area contributed by atoms with Crippen LogP contribution in [-0.2, 0) is 0 Å². The van der Waals surface area contributed by atoms with Crippen molar-refractivity contribution >= 4 is 23.0 Å². The maximum Gasteiger partial charge on any atom is 0.290 e. The van der Waals surface area contributed by atoms with Crippen molar-refractivity contribution in [3.63, 3.8) is 0 Å². The van der Waals surface area contributed by atoms with E-state index in [2.05, 4.69) is 9.97 Å². The van der Waals surface area contributed by atoms with Gasteiger partial charge in [-0.25, -0.2) is 4.98 Å². The van der Waals surface area contributed by atoms with Crippen molar-refractivity contribution in [2.24, 2.45) is 11.7 Å². The lowest BCUT2D eigenvalue weighted by Gasteiger charge is -2.23. The largest absolute Gasteiger partial charge is 0.393 e. The van der Waals surface area contributed by atoms with Crippen molar-refractivity contribution < 1.29 is 0 Å². The smallest absolute Gasteiger partial charge is 0.290 e. The SMILES string of the molecule is CCN(CC(C)C(N)=S)c1ncc[nH]c1=O. The van der Waals surface area contributed by atoms with Gasteiger partial charge in [-0.15, -0.1) is 0 Å². The van der Waals surface area contributed by atoms with Crippen LogP contribution in [-0.4, -0.2) is 28.0 Å². The van der Waals surface area contributed by atoms with Gasteiger partial charge in [-0.3, -0.25) is 4.79 Å².